The van der Waals surface area contributed by atoms with Crippen molar-refractivity contribution in [3.63, 3.8) is 0 Å². The molecule has 0 aliphatic carbocycles. The molecule has 0 aliphatic heterocycles. The fourth-order valence-corrected chi connectivity index (χ4v) is 2.77. The molecule has 0 saturated carbocycles. The molecule has 0 amide bonds. The number of hydrogen-bond donors (Lipinski definition) is 1. The fourth-order valence-electron chi connectivity index (χ4n) is 1.94. The van der Waals surface area contributed by atoms with Gasteiger partial charge in [-0.3, -0.25) is 4.79 Å². The van der Waals surface area contributed by atoms with Gasteiger partial charge < -0.3 is 5.11 Å². The Balaban J connectivity index is 1.83. The van der Waals surface area contributed by atoms with E-state index in [1.807, 2.05) is 6.20 Å². The van der Waals surface area contributed by atoms with Gasteiger partial charge >= 0.3 is 5.97 Å². The van der Waals surface area contributed by atoms with E-state index in [0.29, 0.717) is 18.9 Å². The molecule has 1 N–H and O–H groups in total. The van der Waals surface area contributed by atoms with Crippen LogP contribution in [0, 0.1) is 0 Å². The number of aryl methyl sites for hydroxylation is 1. The number of nitrogens with zero attached hydrogens (tertiary/aromatic N) is 4. The molecule has 2 heterocycles. The number of unbranched alkanes of at least 4 members (excludes halogenated alkanes) is 1. The summed E-state index contributed by atoms with van der Waals surface area (Å²) in [6.45, 7) is 4.89. The van der Waals surface area contributed by atoms with Gasteiger partial charge in [0.15, 0.2) is 0 Å². The van der Waals surface area contributed by atoms with Crippen LogP contribution in [-0.2, 0) is 17.8 Å². The molecule has 0 radical (unpaired) electrons. The van der Waals surface area contributed by atoms with Gasteiger partial charge in [-0.25, -0.2) is 9.67 Å². The standard InChI is InChI=1S/C14H20N4O2S/c1-10(2)14-15-12(9-21-14)8-18-7-11(16-17-18)5-3-4-6-13(19)20/h7,9-10H,3-6,8H2,1-2H3,(H,19,20). The Morgan fingerprint density at radius 1 is 1.38 bits per heavy atom. The van der Waals surface area contributed by atoms with Crippen molar-refractivity contribution < 1.29 is 9.90 Å². The molecular weight excluding hydrogens is 288 g/mol. The van der Waals surface area contributed by atoms with Crippen LogP contribution in [0.15, 0.2) is 11.6 Å². The Labute approximate surface area is 127 Å². The highest BCUT2D eigenvalue weighted by molar-refractivity contribution is 7.09. The summed E-state index contributed by atoms with van der Waals surface area (Å²) in [6, 6.07) is 0. The first kappa shape index (κ1) is 15.6. The maximum atomic E-state index is 10.4. The second kappa shape index (κ2) is 7.31. The minimum Gasteiger partial charge on any atom is -0.481 e. The van der Waals surface area contributed by atoms with Gasteiger partial charge in [0.05, 0.1) is 22.9 Å². The molecule has 2 aromatic heterocycles. The summed E-state index contributed by atoms with van der Waals surface area (Å²) in [5.74, 6) is -0.299. The van der Waals surface area contributed by atoms with Crippen LogP contribution >= 0.6 is 11.3 Å². The van der Waals surface area contributed by atoms with Gasteiger partial charge in [0.1, 0.15) is 0 Å². The SMILES string of the molecule is CC(C)c1nc(Cn2cc(CCCCC(=O)O)nn2)cs1. The van der Waals surface area contributed by atoms with E-state index < -0.39 is 5.97 Å². The average molecular weight is 308 g/mol. The Kier molecular flexibility index (Phi) is 5.44. The van der Waals surface area contributed by atoms with Crippen LogP contribution in [-0.4, -0.2) is 31.1 Å². The number of rotatable bonds is 8. The zero-order chi connectivity index (χ0) is 15.2. The molecule has 0 atom stereocenters. The van der Waals surface area contributed by atoms with Crippen molar-refractivity contribution in [2.45, 2.75) is 52.0 Å². The molecule has 2 rings (SSSR count). The largest absolute Gasteiger partial charge is 0.481 e. The zero-order valence-electron chi connectivity index (χ0n) is 12.3. The maximum absolute atomic E-state index is 10.4. The van der Waals surface area contributed by atoms with Crippen LogP contribution in [0.5, 0.6) is 0 Å². The van der Waals surface area contributed by atoms with Crippen LogP contribution in [0.25, 0.3) is 0 Å². The number of hydrogen-bond acceptors (Lipinski definition) is 5. The van der Waals surface area contributed by atoms with Gasteiger partial charge in [-0.15, -0.1) is 16.4 Å². The molecule has 0 bridgehead atoms. The zero-order valence-corrected chi connectivity index (χ0v) is 13.1. The predicted molar refractivity (Wildman–Crippen MR) is 80.5 cm³/mol. The summed E-state index contributed by atoms with van der Waals surface area (Å²) in [5.41, 5.74) is 1.91. The second-order valence-electron chi connectivity index (χ2n) is 5.34. The smallest absolute Gasteiger partial charge is 0.303 e. The Hall–Kier alpha value is -1.76. The van der Waals surface area contributed by atoms with Crippen LogP contribution in [0.1, 0.15) is 55.4 Å². The number of carbonyl (C=O) groups is 1. The lowest BCUT2D eigenvalue weighted by atomic mass is 10.1. The van der Waals surface area contributed by atoms with E-state index in [2.05, 4.69) is 34.5 Å². The minimum atomic E-state index is -0.747. The van der Waals surface area contributed by atoms with E-state index in [0.717, 1.165) is 29.2 Å². The fraction of sp³-hybridized carbons (Fsp3) is 0.571. The summed E-state index contributed by atoms with van der Waals surface area (Å²) in [4.78, 5) is 15.0. The number of carboxylic acid groups (broad SMARTS) is 1. The minimum absolute atomic E-state index is 0.213. The Morgan fingerprint density at radius 3 is 2.86 bits per heavy atom. The van der Waals surface area contributed by atoms with Crippen molar-refractivity contribution in [1.82, 2.24) is 20.0 Å². The highest BCUT2D eigenvalue weighted by Gasteiger charge is 2.08. The molecule has 114 valence electrons. The molecule has 0 fully saturated rings. The summed E-state index contributed by atoms with van der Waals surface area (Å²) in [5, 5.41) is 20.0. The first-order valence-electron chi connectivity index (χ1n) is 7.09. The summed E-state index contributed by atoms with van der Waals surface area (Å²) in [7, 11) is 0. The molecule has 0 unspecified atom stereocenters. The summed E-state index contributed by atoms with van der Waals surface area (Å²) >= 11 is 1.68. The quantitative estimate of drug-likeness (QED) is 0.758. The maximum Gasteiger partial charge on any atom is 0.303 e. The molecule has 0 aliphatic rings. The number of aliphatic carboxylic acids is 1. The molecule has 7 heteroatoms. The average Bonchev–Trinajstić information content (AvgIpc) is 3.04. The monoisotopic (exact) mass is 308 g/mol. The van der Waals surface area contributed by atoms with Crippen molar-refractivity contribution in [2.75, 3.05) is 0 Å². The molecule has 0 aromatic carbocycles. The molecule has 6 nitrogen and oxygen atoms in total. The highest BCUT2D eigenvalue weighted by atomic mass is 32.1. The van der Waals surface area contributed by atoms with Gasteiger partial charge in [-0.2, -0.15) is 0 Å². The predicted octanol–water partition coefficient (Wildman–Crippen LogP) is 2.70. The van der Waals surface area contributed by atoms with E-state index in [-0.39, 0.29) is 6.42 Å². The lowest BCUT2D eigenvalue weighted by Gasteiger charge is -1.98. The van der Waals surface area contributed by atoms with E-state index in [1.54, 1.807) is 16.0 Å². The van der Waals surface area contributed by atoms with Gasteiger partial charge in [-0.1, -0.05) is 19.1 Å². The molecule has 0 spiro atoms. The van der Waals surface area contributed by atoms with Crippen molar-refractivity contribution in [1.29, 1.82) is 0 Å². The number of thiazole rings is 1. The number of carboxylic acids is 1. The Morgan fingerprint density at radius 2 is 2.19 bits per heavy atom. The van der Waals surface area contributed by atoms with Gasteiger partial charge in [0, 0.05) is 23.9 Å². The van der Waals surface area contributed by atoms with Crippen molar-refractivity contribution in [2.24, 2.45) is 0 Å². The highest BCUT2D eigenvalue weighted by Crippen LogP contribution is 2.19. The van der Waals surface area contributed by atoms with Gasteiger partial charge in [-0.05, 0) is 19.3 Å². The van der Waals surface area contributed by atoms with Crippen LogP contribution < -0.4 is 0 Å². The van der Waals surface area contributed by atoms with E-state index in [4.69, 9.17) is 5.11 Å². The lowest BCUT2D eigenvalue weighted by molar-refractivity contribution is -0.137. The van der Waals surface area contributed by atoms with E-state index >= 15 is 0 Å². The lowest BCUT2D eigenvalue weighted by Crippen LogP contribution is -2.01. The topological polar surface area (TPSA) is 80.9 Å². The van der Waals surface area contributed by atoms with Crippen LogP contribution in [0.3, 0.4) is 0 Å². The van der Waals surface area contributed by atoms with Crippen molar-refractivity contribution in [3.05, 3.63) is 28.0 Å². The molecular formula is C14H20N4O2S. The van der Waals surface area contributed by atoms with Crippen molar-refractivity contribution in [3.8, 4) is 0 Å². The first-order chi connectivity index (χ1) is 10.0. The first-order valence-corrected chi connectivity index (χ1v) is 7.97. The normalized spacial score (nSPS) is 11.2. The van der Waals surface area contributed by atoms with Crippen LogP contribution in [0.4, 0.5) is 0 Å². The summed E-state index contributed by atoms with van der Waals surface area (Å²) in [6.07, 6.45) is 4.38. The third-order valence-electron chi connectivity index (χ3n) is 3.05. The molecule has 21 heavy (non-hydrogen) atoms. The molecule has 0 saturated heterocycles. The van der Waals surface area contributed by atoms with E-state index in [9.17, 15) is 4.79 Å². The third kappa shape index (κ3) is 4.93. The van der Waals surface area contributed by atoms with Crippen LogP contribution in [0.2, 0.25) is 0 Å². The number of aromatic nitrogens is 4. The van der Waals surface area contributed by atoms with E-state index in [1.165, 1.54) is 0 Å². The molecule has 2 aromatic rings. The van der Waals surface area contributed by atoms with Gasteiger partial charge in [0.2, 0.25) is 0 Å². The summed E-state index contributed by atoms with van der Waals surface area (Å²) < 4.78 is 1.78. The second-order valence-corrected chi connectivity index (χ2v) is 6.23. The Bertz CT molecular complexity index is 591. The van der Waals surface area contributed by atoms with Gasteiger partial charge in [0.25, 0.3) is 0 Å². The third-order valence-corrected chi connectivity index (χ3v) is 4.24. The van der Waals surface area contributed by atoms with Crippen molar-refractivity contribution >= 4 is 17.3 Å².